The van der Waals surface area contributed by atoms with Crippen LogP contribution in [0, 0.1) is 5.92 Å². The Bertz CT molecular complexity index is 434. The first-order valence-electron chi connectivity index (χ1n) is 16.3. The van der Waals surface area contributed by atoms with Crippen molar-refractivity contribution < 1.29 is 9.53 Å². The minimum Gasteiger partial charge on any atom is -0.466 e. The number of carbonyl (C=O) groups is 1. The first kappa shape index (κ1) is 35.4. The summed E-state index contributed by atoms with van der Waals surface area (Å²) in [7, 11) is 0. The van der Waals surface area contributed by atoms with Gasteiger partial charge in [-0.3, -0.25) is 4.79 Å². The number of carbonyl (C=O) groups excluding carboxylic acids is 1. The highest BCUT2D eigenvalue weighted by Crippen LogP contribution is 2.21. The van der Waals surface area contributed by atoms with E-state index in [2.05, 4.69) is 25.7 Å². The molecule has 0 saturated heterocycles. The highest BCUT2D eigenvalue weighted by atomic mass is 16.5. The van der Waals surface area contributed by atoms with E-state index in [1.54, 1.807) is 0 Å². The predicted molar refractivity (Wildman–Crippen MR) is 159 cm³/mol. The van der Waals surface area contributed by atoms with Crippen molar-refractivity contribution in [1.29, 1.82) is 0 Å². The monoisotopic (exact) mass is 511 g/mol. The van der Waals surface area contributed by atoms with Crippen LogP contribution in [0.15, 0.2) is 0 Å². The van der Waals surface area contributed by atoms with E-state index in [4.69, 9.17) is 10.5 Å². The van der Waals surface area contributed by atoms with E-state index in [-0.39, 0.29) is 5.97 Å². The van der Waals surface area contributed by atoms with Crippen LogP contribution in [0.4, 0.5) is 0 Å². The molecule has 0 spiro atoms. The molecular weight excluding hydrogens is 444 g/mol. The van der Waals surface area contributed by atoms with Gasteiger partial charge in [-0.15, -0.1) is 0 Å². The topological polar surface area (TPSA) is 55.6 Å². The van der Waals surface area contributed by atoms with E-state index in [0.717, 1.165) is 44.7 Å². The van der Waals surface area contributed by atoms with Gasteiger partial charge >= 0.3 is 5.97 Å². The van der Waals surface area contributed by atoms with Crippen molar-refractivity contribution in [2.75, 3.05) is 32.8 Å². The molecule has 0 bridgehead atoms. The fraction of sp³-hybridized carbons (Fsp3) is 0.969. The molecule has 0 aromatic carbocycles. The standard InChI is InChI=1S/C32H66N2O2/c1-4-7-10-11-14-19-27-34(29-21-26-33)28-20-15-12-13-18-24-32(35)36-30-25-31(22-16-8-5-2)23-17-9-6-3/h31H,4-30,33H2,1-3H3. The second-order valence-corrected chi connectivity index (χ2v) is 11.1. The largest absolute Gasteiger partial charge is 0.466 e. The zero-order chi connectivity index (χ0) is 26.5. The number of nitrogens with two attached hydrogens (primary N) is 1. The summed E-state index contributed by atoms with van der Waals surface area (Å²) in [4.78, 5) is 14.8. The quantitative estimate of drug-likeness (QED) is 0.0805. The molecule has 0 aliphatic rings. The van der Waals surface area contributed by atoms with Crippen LogP contribution in [-0.2, 0) is 9.53 Å². The van der Waals surface area contributed by atoms with Gasteiger partial charge in [0.1, 0.15) is 0 Å². The Balaban J connectivity index is 3.84. The second kappa shape index (κ2) is 29.0. The average Bonchev–Trinajstić information content (AvgIpc) is 2.88. The van der Waals surface area contributed by atoms with Gasteiger partial charge in [0.15, 0.2) is 0 Å². The van der Waals surface area contributed by atoms with E-state index in [9.17, 15) is 4.79 Å². The van der Waals surface area contributed by atoms with Gasteiger partial charge in [0.05, 0.1) is 6.61 Å². The van der Waals surface area contributed by atoms with Gasteiger partial charge < -0.3 is 15.4 Å². The van der Waals surface area contributed by atoms with Crippen molar-refractivity contribution in [2.45, 2.75) is 162 Å². The highest BCUT2D eigenvalue weighted by Gasteiger charge is 2.11. The van der Waals surface area contributed by atoms with Crippen LogP contribution in [0.25, 0.3) is 0 Å². The van der Waals surface area contributed by atoms with Gasteiger partial charge in [0, 0.05) is 6.42 Å². The van der Waals surface area contributed by atoms with Crippen molar-refractivity contribution in [3.8, 4) is 0 Å². The van der Waals surface area contributed by atoms with Crippen molar-refractivity contribution in [3.63, 3.8) is 0 Å². The molecule has 216 valence electrons. The third-order valence-corrected chi connectivity index (χ3v) is 7.58. The van der Waals surface area contributed by atoms with Crippen molar-refractivity contribution in [3.05, 3.63) is 0 Å². The molecule has 36 heavy (non-hydrogen) atoms. The van der Waals surface area contributed by atoms with Crippen molar-refractivity contribution >= 4 is 5.97 Å². The molecule has 0 aromatic heterocycles. The summed E-state index contributed by atoms with van der Waals surface area (Å²) in [5.41, 5.74) is 5.75. The highest BCUT2D eigenvalue weighted by molar-refractivity contribution is 5.69. The lowest BCUT2D eigenvalue weighted by Gasteiger charge is -2.22. The second-order valence-electron chi connectivity index (χ2n) is 11.1. The van der Waals surface area contributed by atoms with Crippen molar-refractivity contribution in [2.24, 2.45) is 11.7 Å². The molecule has 0 heterocycles. The average molecular weight is 511 g/mol. The minimum atomic E-state index is 0.0164. The molecule has 0 unspecified atom stereocenters. The summed E-state index contributed by atoms with van der Waals surface area (Å²) in [6.07, 6.45) is 27.3. The molecule has 0 aliphatic heterocycles. The van der Waals surface area contributed by atoms with Crippen LogP contribution >= 0.6 is 0 Å². The molecule has 4 heteroatoms. The third kappa shape index (κ3) is 25.1. The molecule has 4 nitrogen and oxygen atoms in total. The molecule has 0 amide bonds. The molecule has 0 fully saturated rings. The maximum absolute atomic E-state index is 12.2. The maximum atomic E-state index is 12.2. The van der Waals surface area contributed by atoms with Gasteiger partial charge in [0.25, 0.3) is 0 Å². The molecular formula is C32H66N2O2. The number of rotatable bonds is 29. The fourth-order valence-corrected chi connectivity index (χ4v) is 5.11. The number of ether oxygens (including phenoxy) is 1. The minimum absolute atomic E-state index is 0.0164. The van der Waals surface area contributed by atoms with Crippen molar-refractivity contribution in [1.82, 2.24) is 4.90 Å². The number of hydrogen-bond acceptors (Lipinski definition) is 4. The van der Waals surface area contributed by atoms with Gasteiger partial charge in [-0.2, -0.15) is 0 Å². The summed E-state index contributed by atoms with van der Waals surface area (Å²) >= 11 is 0. The van der Waals surface area contributed by atoms with E-state index in [1.165, 1.54) is 122 Å². The Labute approximate surface area is 226 Å². The van der Waals surface area contributed by atoms with Crippen LogP contribution < -0.4 is 5.73 Å². The van der Waals surface area contributed by atoms with E-state index in [1.807, 2.05) is 0 Å². The maximum Gasteiger partial charge on any atom is 0.305 e. The Hall–Kier alpha value is -0.610. The molecule has 0 aromatic rings. The lowest BCUT2D eigenvalue weighted by molar-refractivity contribution is -0.144. The van der Waals surface area contributed by atoms with E-state index < -0.39 is 0 Å². The fourth-order valence-electron chi connectivity index (χ4n) is 5.11. The Morgan fingerprint density at radius 1 is 0.611 bits per heavy atom. The lowest BCUT2D eigenvalue weighted by atomic mass is 9.92. The predicted octanol–water partition coefficient (Wildman–Crippen LogP) is 9.05. The smallest absolute Gasteiger partial charge is 0.305 e. The van der Waals surface area contributed by atoms with Gasteiger partial charge in [-0.05, 0) is 64.2 Å². The first-order valence-corrected chi connectivity index (χ1v) is 16.3. The molecule has 0 rings (SSSR count). The molecule has 0 aliphatic carbocycles. The summed E-state index contributed by atoms with van der Waals surface area (Å²) < 4.78 is 5.59. The van der Waals surface area contributed by atoms with Gasteiger partial charge in [0.2, 0.25) is 0 Å². The Morgan fingerprint density at radius 3 is 1.64 bits per heavy atom. The van der Waals surface area contributed by atoms with E-state index >= 15 is 0 Å². The van der Waals surface area contributed by atoms with Crippen LogP contribution in [0.2, 0.25) is 0 Å². The zero-order valence-electron chi connectivity index (χ0n) is 25.0. The first-order chi connectivity index (χ1) is 17.7. The van der Waals surface area contributed by atoms with E-state index in [0.29, 0.717) is 13.0 Å². The number of hydrogen-bond donors (Lipinski definition) is 1. The SMILES string of the molecule is CCCCCCCCN(CCCN)CCCCCCCC(=O)OCCC(CCCCC)CCCCC. The molecule has 2 N–H and O–H groups in total. The number of unbranched alkanes of at least 4 members (excludes halogenated alkanes) is 13. The third-order valence-electron chi connectivity index (χ3n) is 7.58. The van der Waals surface area contributed by atoms with Crippen LogP contribution in [-0.4, -0.2) is 43.7 Å². The summed E-state index contributed by atoms with van der Waals surface area (Å²) in [5.74, 6) is 0.754. The molecule has 0 radical (unpaired) electrons. The van der Waals surface area contributed by atoms with Crippen LogP contribution in [0.3, 0.4) is 0 Å². The summed E-state index contributed by atoms with van der Waals surface area (Å²) in [6, 6.07) is 0. The summed E-state index contributed by atoms with van der Waals surface area (Å²) in [5, 5.41) is 0. The normalized spacial score (nSPS) is 11.6. The molecule has 0 atom stereocenters. The lowest BCUT2D eigenvalue weighted by Crippen LogP contribution is -2.28. The zero-order valence-corrected chi connectivity index (χ0v) is 25.0. The van der Waals surface area contributed by atoms with Crippen LogP contribution in [0.1, 0.15) is 162 Å². The number of esters is 1. The summed E-state index contributed by atoms with van der Waals surface area (Å²) in [6.45, 7) is 11.8. The Morgan fingerprint density at radius 2 is 1.08 bits per heavy atom. The Kier molecular flexibility index (Phi) is 28.5. The van der Waals surface area contributed by atoms with Crippen LogP contribution in [0.5, 0.6) is 0 Å². The number of nitrogens with zero attached hydrogens (tertiary/aromatic N) is 1. The van der Waals surface area contributed by atoms with Gasteiger partial charge in [-0.1, -0.05) is 124 Å². The molecule has 0 saturated carbocycles. The van der Waals surface area contributed by atoms with Gasteiger partial charge in [-0.25, -0.2) is 0 Å².